The van der Waals surface area contributed by atoms with Crippen molar-refractivity contribution in [2.45, 2.75) is 32.9 Å². The topological polar surface area (TPSA) is 95.0 Å². The first-order valence-corrected chi connectivity index (χ1v) is 8.59. The molecule has 0 saturated carbocycles. The highest BCUT2D eigenvalue weighted by atomic mass is 16.5. The van der Waals surface area contributed by atoms with E-state index in [9.17, 15) is 14.7 Å². The number of amides is 2. The molecule has 1 fully saturated rings. The number of carboxylic acid groups (broad SMARTS) is 1. The molecule has 1 aromatic rings. The van der Waals surface area contributed by atoms with E-state index in [4.69, 9.17) is 4.74 Å². The number of rotatable bonds is 3. The van der Waals surface area contributed by atoms with Crippen molar-refractivity contribution in [1.29, 1.82) is 0 Å². The zero-order chi connectivity index (χ0) is 18.0. The zero-order valence-corrected chi connectivity index (χ0v) is 14.6. The van der Waals surface area contributed by atoms with E-state index in [1.165, 1.54) is 0 Å². The lowest BCUT2D eigenvalue weighted by Crippen LogP contribution is -2.49. The number of carbonyl (C=O) groups excluding carboxylic acids is 1. The van der Waals surface area contributed by atoms with Gasteiger partial charge in [0.15, 0.2) is 0 Å². The number of nitrogens with zero attached hydrogens (tertiary/aromatic N) is 3. The van der Waals surface area contributed by atoms with Crippen molar-refractivity contribution in [3.63, 3.8) is 0 Å². The Morgan fingerprint density at radius 2 is 1.96 bits per heavy atom. The molecule has 0 unspecified atom stereocenters. The molecule has 2 N–H and O–H groups in total. The molecule has 8 heteroatoms. The average Bonchev–Trinajstić information content (AvgIpc) is 2.60. The van der Waals surface area contributed by atoms with E-state index in [2.05, 4.69) is 10.3 Å². The molecule has 1 saturated heterocycles. The summed E-state index contributed by atoms with van der Waals surface area (Å²) in [5.41, 5.74) is 1.81. The quantitative estimate of drug-likeness (QED) is 0.858. The van der Waals surface area contributed by atoms with Crippen molar-refractivity contribution in [2.24, 2.45) is 0 Å². The van der Waals surface area contributed by atoms with E-state index < -0.39 is 5.97 Å². The molecule has 0 radical (unpaired) electrons. The van der Waals surface area contributed by atoms with Gasteiger partial charge >= 0.3 is 12.0 Å². The number of aromatic carboxylic acids is 1. The molecular weight excluding hydrogens is 324 g/mol. The first kappa shape index (κ1) is 17.5. The van der Waals surface area contributed by atoms with Crippen molar-refractivity contribution < 1.29 is 19.4 Å². The number of aromatic nitrogens is 1. The second-order valence-electron chi connectivity index (χ2n) is 6.64. The monoisotopic (exact) mass is 348 g/mol. The van der Waals surface area contributed by atoms with E-state index in [0.717, 1.165) is 11.1 Å². The summed E-state index contributed by atoms with van der Waals surface area (Å²) in [6, 6.07) is 0.0712. The number of hydrogen-bond donors (Lipinski definition) is 2. The largest absolute Gasteiger partial charge is 0.478 e. The highest BCUT2D eigenvalue weighted by Crippen LogP contribution is 2.27. The Kier molecular flexibility index (Phi) is 5.08. The Labute approximate surface area is 146 Å². The van der Waals surface area contributed by atoms with Gasteiger partial charge < -0.3 is 25.0 Å². The molecule has 0 aromatic carbocycles. The van der Waals surface area contributed by atoms with Crippen molar-refractivity contribution in [2.75, 3.05) is 38.2 Å². The van der Waals surface area contributed by atoms with E-state index in [-0.39, 0.29) is 17.6 Å². The third-order valence-electron chi connectivity index (χ3n) is 4.46. The SMILES string of the molecule is CC(C)Nc1ncc2c(c1C(=O)O)CCN(C(=O)N1CCOCC1)C2. The lowest BCUT2D eigenvalue weighted by Gasteiger charge is -2.36. The fraction of sp³-hybridized carbons (Fsp3) is 0.588. The van der Waals surface area contributed by atoms with Gasteiger partial charge in [-0.15, -0.1) is 0 Å². The summed E-state index contributed by atoms with van der Waals surface area (Å²) < 4.78 is 5.29. The molecule has 2 aliphatic rings. The van der Waals surface area contributed by atoms with Gasteiger partial charge in [0.2, 0.25) is 0 Å². The number of ether oxygens (including phenoxy) is 1. The highest BCUT2D eigenvalue weighted by Gasteiger charge is 2.30. The lowest BCUT2D eigenvalue weighted by atomic mass is 9.96. The molecule has 2 aliphatic heterocycles. The van der Waals surface area contributed by atoms with Crippen LogP contribution in [0.4, 0.5) is 10.6 Å². The first-order valence-electron chi connectivity index (χ1n) is 8.59. The van der Waals surface area contributed by atoms with Gasteiger partial charge in [0.25, 0.3) is 0 Å². The predicted molar refractivity (Wildman–Crippen MR) is 91.9 cm³/mol. The fourth-order valence-corrected chi connectivity index (χ4v) is 3.27. The van der Waals surface area contributed by atoms with E-state index in [1.54, 1.807) is 16.0 Å². The number of anilines is 1. The normalized spacial score (nSPS) is 17.4. The minimum absolute atomic E-state index is 0.0183. The van der Waals surface area contributed by atoms with Crippen LogP contribution < -0.4 is 5.32 Å². The van der Waals surface area contributed by atoms with E-state index >= 15 is 0 Å². The van der Waals surface area contributed by atoms with Crippen LogP contribution in [-0.4, -0.2) is 70.8 Å². The Hall–Kier alpha value is -2.35. The Bertz CT molecular complexity index is 671. The van der Waals surface area contributed by atoms with Crippen molar-refractivity contribution in [3.8, 4) is 0 Å². The molecule has 3 heterocycles. The summed E-state index contributed by atoms with van der Waals surface area (Å²) in [4.78, 5) is 32.2. The van der Waals surface area contributed by atoms with Gasteiger partial charge in [-0.25, -0.2) is 14.6 Å². The molecule has 0 bridgehead atoms. The molecular formula is C17H24N4O4. The highest BCUT2D eigenvalue weighted by molar-refractivity contribution is 5.95. The zero-order valence-electron chi connectivity index (χ0n) is 14.6. The standard InChI is InChI=1S/C17H24N4O4/c1-11(2)19-15-14(16(22)23)13-3-4-21(10-12(13)9-18-15)17(24)20-5-7-25-8-6-20/h9,11H,3-8,10H2,1-2H3,(H,18,19)(H,22,23). The van der Waals surface area contributed by atoms with Crippen LogP contribution in [0.3, 0.4) is 0 Å². The van der Waals surface area contributed by atoms with Crippen LogP contribution in [0.15, 0.2) is 6.20 Å². The molecule has 0 atom stereocenters. The van der Waals surface area contributed by atoms with Gasteiger partial charge in [-0.1, -0.05) is 0 Å². The fourth-order valence-electron chi connectivity index (χ4n) is 3.27. The van der Waals surface area contributed by atoms with Gasteiger partial charge in [-0.2, -0.15) is 0 Å². The average molecular weight is 348 g/mol. The minimum atomic E-state index is -0.986. The number of fused-ring (bicyclic) bond motifs is 1. The number of carbonyl (C=O) groups is 2. The molecule has 3 rings (SSSR count). The summed E-state index contributed by atoms with van der Waals surface area (Å²) in [6.07, 6.45) is 2.20. The molecule has 8 nitrogen and oxygen atoms in total. The molecule has 25 heavy (non-hydrogen) atoms. The van der Waals surface area contributed by atoms with Crippen LogP contribution in [0.25, 0.3) is 0 Å². The Morgan fingerprint density at radius 3 is 2.60 bits per heavy atom. The summed E-state index contributed by atoms with van der Waals surface area (Å²) in [5.74, 6) is -0.588. The minimum Gasteiger partial charge on any atom is -0.478 e. The molecule has 0 aliphatic carbocycles. The third-order valence-corrected chi connectivity index (χ3v) is 4.46. The molecule has 2 amide bonds. The number of urea groups is 1. The van der Waals surface area contributed by atoms with Gasteiger partial charge in [-0.05, 0) is 31.4 Å². The number of pyridine rings is 1. The van der Waals surface area contributed by atoms with Crippen LogP contribution in [0.2, 0.25) is 0 Å². The van der Waals surface area contributed by atoms with E-state index in [0.29, 0.717) is 51.6 Å². The van der Waals surface area contributed by atoms with Crippen LogP contribution >= 0.6 is 0 Å². The van der Waals surface area contributed by atoms with Crippen LogP contribution in [-0.2, 0) is 17.7 Å². The van der Waals surface area contributed by atoms with Crippen molar-refractivity contribution in [3.05, 3.63) is 22.9 Å². The van der Waals surface area contributed by atoms with Crippen molar-refractivity contribution in [1.82, 2.24) is 14.8 Å². The second-order valence-corrected chi connectivity index (χ2v) is 6.64. The van der Waals surface area contributed by atoms with Crippen LogP contribution in [0.5, 0.6) is 0 Å². The van der Waals surface area contributed by atoms with Crippen LogP contribution in [0.1, 0.15) is 35.3 Å². The Morgan fingerprint density at radius 1 is 1.24 bits per heavy atom. The van der Waals surface area contributed by atoms with Gasteiger partial charge in [-0.3, -0.25) is 0 Å². The second kappa shape index (κ2) is 7.26. The maximum atomic E-state index is 12.6. The van der Waals surface area contributed by atoms with Gasteiger partial charge in [0.05, 0.1) is 13.2 Å². The molecule has 0 spiro atoms. The number of nitrogens with one attached hydrogen (secondary N) is 1. The Balaban J connectivity index is 1.82. The summed E-state index contributed by atoms with van der Waals surface area (Å²) in [5, 5.41) is 12.7. The van der Waals surface area contributed by atoms with Gasteiger partial charge in [0, 0.05) is 38.4 Å². The maximum Gasteiger partial charge on any atom is 0.339 e. The molecule has 1 aromatic heterocycles. The third kappa shape index (κ3) is 3.68. The summed E-state index contributed by atoms with van der Waals surface area (Å²) in [6.45, 7) is 7.09. The first-order chi connectivity index (χ1) is 12.0. The number of morpholine rings is 1. The van der Waals surface area contributed by atoms with E-state index in [1.807, 2.05) is 13.8 Å². The summed E-state index contributed by atoms with van der Waals surface area (Å²) >= 11 is 0. The molecule has 136 valence electrons. The number of hydrogen-bond acceptors (Lipinski definition) is 5. The van der Waals surface area contributed by atoms with Crippen LogP contribution in [0, 0.1) is 0 Å². The summed E-state index contributed by atoms with van der Waals surface area (Å²) in [7, 11) is 0. The smallest absolute Gasteiger partial charge is 0.339 e. The van der Waals surface area contributed by atoms with Gasteiger partial charge in [0.1, 0.15) is 11.4 Å². The maximum absolute atomic E-state index is 12.6. The lowest BCUT2D eigenvalue weighted by molar-refractivity contribution is 0.0421. The number of carboxylic acids is 1. The predicted octanol–water partition coefficient (Wildman–Crippen LogP) is 1.41. The van der Waals surface area contributed by atoms with Crippen molar-refractivity contribution >= 4 is 17.8 Å².